The SMILES string of the molecule is NC(=O)CC(NC(=O)C(Cc1ccccc1)NC(=O)C(CO)NC(=O)C(N)CS)C(=O)O. The molecular weight excluding hydrogens is 442 g/mol. The van der Waals surface area contributed by atoms with E-state index in [0.29, 0.717) is 5.56 Å². The molecule has 1 aromatic carbocycles. The highest BCUT2D eigenvalue weighted by Gasteiger charge is 2.30. The van der Waals surface area contributed by atoms with Crippen molar-refractivity contribution in [2.45, 2.75) is 37.0 Å². The molecule has 0 aliphatic rings. The molecule has 0 radical (unpaired) electrons. The third kappa shape index (κ3) is 8.91. The predicted molar refractivity (Wildman–Crippen MR) is 116 cm³/mol. The van der Waals surface area contributed by atoms with Gasteiger partial charge in [-0.15, -0.1) is 0 Å². The summed E-state index contributed by atoms with van der Waals surface area (Å²) in [5, 5.41) is 25.5. The van der Waals surface area contributed by atoms with E-state index in [4.69, 9.17) is 11.5 Å². The molecule has 0 aliphatic heterocycles. The summed E-state index contributed by atoms with van der Waals surface area (Å²) in [5.41, 5.74) is 11.2. The number of carbonyl (C=O) groups excluding carboxylic acids is 4. The van der Waals surface area contributed by atoms with Gasteiger partial charge in [-0.05, 0) is 5.56 Å². The molecule has 12 nitrogen and oxygen atoms in total. The first-order valence-corrected chi connectivity index (χ1v) is 10.2. The molecule has 0 saturated heterocycles. The highest BCUT2D eigenvalue weighted by molar-refractivity contribution is 7.80. The number of carboxylic acids is 1. The summed E-state index contributed by atoms with van der Waals surface area (Å²) in [6.07, 6.45) is -0.687. The van der Waals surface area contributed by atoms with Gasteiger partial charge < -0.3 is 37.6 Å². The van der Waals surface area contributed by atoms with Gasteiger partial charge in [-0.25, -0.2) is 4.79 Å². The maximum absolute atomic E-state index is 12.7. The minimum Gasteiger partial charge on any atom is -0.480 e. The number of primary amides is 1. The lowest BCUT2D eigenvalue weighted by Crippen LogP contribution is -2.58. The van der Waals surface area contributed by atoms with Crippen molar-refractivity contribution in [3.05, 3.63) is 35.9 Å². The third-order valence-corrected chi connectivity index (χ3v) is 4.68. The lowest BCUT2D eigenvalue weighted by atomic mass is 10.0. The second-order valence-corrected chi connectivity index (χ2v) is 7.22. The van der Waals surface area contributed by atoms with Crippen LogP contribution in [-0.2, 0) is 30.4 Å². The van der Waals surface area contributed by atoms with Gasteiger partial charge in [0, 0.05) is 12.2 Å². The molecule has 4 amide bonds. The molecule has 0 aromatic heterocycles. The standard InChI is InChI=1S/C19H27N5O7S/c20-11(9-32)16(27)24-14(8-25)18(29)22-12(6-10-4-2-1-3-5-10)17(28)23-13(19(30)31)7-15(21)26/h1-5,11-14,25,32H,6-9,20H2,(H2,21,26)(H,22,29)(H,23,28)(H,24,27)(H,30,31). The molecule has 176 valence electrons. The maximum atomic E-state index is 12.7. The number of amides is 4. The molecule has 0 fully saturated rings. The van der Waals surface area contributed by atoms with Crippen LogP contribution >= 0.6 is 12.6 Å². The number of nitrogens with two attached hydrogens (primary N) is 2. The Morgan fingerprint density at radius 1 is 0.906 bits per heavy atom. The molecular formula is C19H27N5O7S. The first-order valence-electron chi connectivity index (χ1n) is 9.52. The lowest BCUT2D eigenvalue weighted by Gasteiger charge is -2.24. The van der Waals surface area contributed by atoms with Crippen molar-refractivity contribution >= 4 is 42.2 Å². The second-order valence-electron chi connectivity index (χ2n) is 6.85. The summed E-state index contributed by atoms with van der Waals surface area (Å²) in [5.74, 6) is -4.95. The number of carbonyl (C=O) groups is 5. The number of aliphatic carboxylic acids is 1. The zero-order chi connectivity index (χ0) is 24.3. The van der Waals surface area contributed by atoms with Crippen LogP contribution in [-0.4, -0.2) is 76.3 Å². The minimum absolute atomic E-state index is 0.00107. The zero-order valence-electron chi connectivity index (χ0n) is 17.1. The van der Waals surface area contributed by atoms with Crippen LogP contribution in [0, 0.1) is 0 Å². The smallest absolute Gasteiger partial charge is 0.326 e. The number of benzene rings is 1. The number of aliphatic hydroxyl groups is 1. The fraction of sp³-hybridized carbons (Fsp3) is 0.421. The first kappa shape index (κ1) is 26.9. The molecule has 32 heavy (non-hydrogen) atoms. The highest BCUT2D eigenvalue weighted by Crippen LogP contribution is 2.05. The van der Waals surface area contributed by atoms with Crippen LogP contribution in [0.2, 0.25) is 0 Å². The number of hydrogen-bond donors (Lipinski definition) is 8. The van der Waals surface area contributed by atoms with Crippen molar-refractivity contribution < 1.29 is 34.2 Å². The molecule has 0 spiro atoms. The number of aliphatic hydroxyl groups excluding tert-OH is 1. The van der Waals surface area contributed by atoms with E-state index in [-0.39, 0.29) is 12.2 Å². The normalized spacial score (nSPS) is 14.3. The monoisotopic (exact) mass is 469 g/mol. The van der Waals surface area contributed by atoms with E-state index in [9.17, 15) is 34.2 Å². The fourth-order valence-corrected chi connectivity index (χ4v) is 2.73. The van der Waals surface area contributed by atoms with Gasteiger partial charge in [0.05, 0.1) is 19.1 Å². The molecule has 13 heteroatoms. The molecule has 4 atom stereocenters. The number of carboxylic acid groups (broad SMARTS) is 1. The van der Waals surface area contributed by atoms with Crippen molar-refractivity contribution in [3.63, 3.8) is 0 Å². The summed E-state index contributed by atoms with van der Waals surface area (Å²) in [7, 11) is 0. The Bertz CT molecular complexity index is 824. The van der Waals surface area contributed by atoms with Crippen LogP contribution < -0.4 is 27.4 Å². The Balaban J connectivity index is 3.03. The topological polar surface area (TPSA) is 214 Å². The van der Waals surface area contributed by atoms with Crippen molar-refractivity contribution in [1.82, 2.24) is 16.0 Å². The molecule has 9 N–H and O–H groups in total. The molecule has 0 bridgehead atoms. The van der Waals surface area contributed by atoms with E-state index in [1.807, 2.05) is 0 Å². The summed E-state index contributed by atoms with van der Waals surface area (Å²) >= 11 is 3.89. The van der Waals surface area contributed by atoms with Gasteiger partial charge in [0.2, 0.25) is 23.6 Å². The molecule has 1 aromatic rings. The average molecular weight is 470 g/mol. The van der Waals surface area contributed by atoms with Crippen LogP contribution in [0.1, 0.15) is 12.0 Å². The average Bonchev–Trinajstić information content (AvgIpc) is 2.75. The zero-order valence-corrected chi connectivity index (χ0v) is 18.0. The van der Waals surface area contributed by atoms with Crippen LogP contribution in [0.5, 0.6) is 0 Å². The van der Waals surface area contributed by atoms with E-state index in [1.54, 1.807) is 30.3 Å². The molecule has 4 unspecified atom stereocenters. The number of hydrogen-bond acceptors (Lipinski definition) is 8. The van der Waals surface area contributed by atoms with E-state index in [2.05, 4.69) is 28.6 Å². The van der Waals surface area contributed by atoms with E-state index >= 15 is 0 Å². The maximum Gasteiger partial charge on any atom is 0.326 e. The second kappa shape index (κ2) is 13.3. The quantitative estimate of drug-likeness (QED) is 0.138. The summed E-state index contributed by atoms with van der Waals surface area (Å²) < 4.78 is 0. The fourth-order valence-electron chi connectivity index (χ4n) is 2.56. The Hall–Kier alpha value is -3.16. The van der Waals surface area contributed by atoms with E-state index in [0.717, 1.165) is 0 Å². The summed E-state index contributed by atoms with van der Waals surface area (Å²) in [6.45, 7) is -0.782. The lowest BCUT2D eigenvalue weighted by molar-refractivity contribution is -0.143. The van der Waals surface area contributed by atoms with Crippen LogP contribution in [0.15, 0.2) is 30.3 Å². The van der Waals surface area contributed by atoms with Crippen LogP contribution in [0.25, 0.3) is 0 Å². The number of rotatable bonds is 13. The van der Waals surface area contributed by atoms with Gasteiger partial charge in [-0.3, -0.25) is 19.2 Å². The number of nitrogens with one attached hydrogen (secondary N) is 3. The Morgan fingerprint density at radius 3 is 1.94 bits per heavy atom. The van der Waals surface area contributed by atoms with Gasteiger partial charge in [0.25, 0.3) is 0 Å². The highest BCUT2D eigenvalue weighted by atomic mass is 32.1. The van der Waals surface area contributed by atoms with Crippen molar-refractivity contribution in [2.24, 2.45) is 11.5 Å². The molecule has 0 saturated carbocycles. The van der Waals surface area contributed by atoms with Crippen LogP contribution in [0.4, 0.5) is 0 Å². The number of thiol groups is 1. The van der Waals surface area contributed by atoms with Gasteiger partial charge in [-0.2, -0.15) is 12.6 Å². The summed E-state index contributed by atoms with van der Waals surface area (Å²) in [6, 6.07) is 3.19. The Morgan fingerprint density at radius 2 is 1.44 bits per heavy atom. The van der Waals surface area contributed by atoms with Crippen molar-refractivity contribution in [2.75, 3.05) is 12.4 Å². The Kier molecular flexibility index (Phi) is 11.2. The van der Waals surface area contributed by atoms with Gasteiger partial charge in [0.15, 0.2) is 0 Å². The van der Waals surface area contributed by atoms with Gasteiger partial charge in [-0.1, -0.05) is 30.3 Å². The largest absolute Gasteiger partial charge is 0.480 e. The Labute approximate surface area is 189 Å². The van der Waals surface area contributed by atoms with Gasteiger partial charge >= 0.3 is 5.97 Å². The molecule has 0 heterocycles. The van der Waals surface area contributed by atoms with Gasteiger partial charge in [0.1, 0.15) is 18.1 Å². The molecule has 0 aliphatic carbocycles. The predicted octanol–water partition coefficient (Wildman–Crippen LogP) is -3.11. The minimum atomic E-state index is -1.60. The van der Waals surface area contributed by atoms with E-state index < -0.39 is 66.8 Å². The summed E-state index contributed by atoms with van der Waals surface area (Å²) in [4.78, 5) is 59.7. The first-order chi connectivity index (χ1) is 15.1. The van der Waals surface area contributed by atoms with Crippen molar-refractivity contribution in [1.29, 1.82) is 0 Å². The molecule has 1 rings (SSSR count). The third-order valence-electron chi connectivity index (χ3n) is 4.28. The van der Waals surface area contributed by atoms with Crippen LogP contribution in [0.3, 0.4) is 0 Å². The van der Waals surface area contributed by atoms with E-state index in [1.165, 1.54) is 0 Å². The van der Waals surface area contributed by atoms with Crippen molar-refractivity contribution in [3.8, 4) is 0 Å².